The number of benzene rings is 2. The number of likely N-dealkylation sites (N-methyl/N-ethyl adjacent to an activating group) is 2. The van der Waals surface area contributed by atoms with Crippen molar-refractivity contribution in [3.05, 3.63) is 76.7 Å². The van der Waals surface area contributed by atoms with Gasteiger partial charge in [0, 0.05) is 65.1 Å². The Morgan fingerprint density at radius 2 is 1.33 bits per heavy atom. The minimum absolute atomic E-state index is 0.0408. The van der Waals surface area contributed by atoms with Crippen LogP contribution >= 0.6 is 11.3 Å². The molecule has 11 atom stereocenters. The second-order valence-electron chi connectivity index (χ2n) is 26.3. The highest BCUT2D eigenvalue weighted by atomic mass is 32.1. The number of amides is 10. The number of nitrogens with zero attached hydrogens (tertiary/aromatic N) is 4. The number of carbonyl (C=O) groups is 9. The monoisotopic (exact) mass is 1440 g/mol. The van der Waals surface area contributed by atoms with E-state index in [1.54, 1.807) is 70.0 Å². The van der Waals surface area contributed by atoms with Crippen LogP contribution < -0.4 is 48.3 Å². The summed E-state index contributed by atoms with van der Waals surface area (Å²) in [6.07, 6.45) is 3.05. The third-order valence-corrected chi connectivity index (χ3v) is 18.7. The van der Waals surface area contributed by atoms with E-state index in [2.05, 4.69) is 41.7 Å². The summed E-state index contributed by atoms with van der Waals surface area (Å²) in [5, 5.41) is 19.6. The third kappa shape index (κ3) is 29.1. The van der Waals surface area contributed by atoms with Crippen molar-refractivity contribution >= 4 is 70.3 Å². The maximum Gasteiger partial charge on any atom is 0.312 e. The van der Waals surface area contributed by atoms with Gasteiger partial charge in [-0.25, -0.2) is 15.7 Å². The number of methoxy groups -OCH3 is 2. The lowest BCUT2D eigenvalue weighted by molar-refractivity contribution is -0.149. The maximum absolute atomic E-state index is 14.9. The maximum atomic E-state index is 14.9. The Labute approximate surface area is 599 Å². The Kier molecular flexibility index (Phi) is 39.4. The molecule has 2 aromatic carbocycles. The van der Waals surface area contributed by atoms with Crippen molar-refractivity contribution in [2.24, 2.45) is 41.2 Å². The van der Waals surface area contributed by atoms with E-state index in [1.165, 1.54) is 42.5 Å². The van der Waals surface area contributed by atoms with Gasteiger partial charge in [-0.2, -0.15) is 0 Å². The summed E-state index contributed by atoms with van der Waals surface area (Å²) < 4.78 is 39.8. The zero-order chi connectivity index (χ0) is 74.6. The van der Waals surface area contributed by atoms with Gasteiger partial charge in [-0.15, -0.1) is 11.3 Å². The Morgan fingerprint density at radius 1 is 0.703 bits per heavy atom. The van der Waals surface area contributed by atoms with Crippen LogP contribution in [0.15, 0.2) is 66.2 Å². The van der Waals surface area contributed by atoms with Crippen LogP contribution in [-0.4, -0.2) is 229 Å². The molecule has 3 aromatic rings. The summed E-state index contributed by atoms with van der Waals surface area (Å²) in [6, 6.07) is 9.67. The average Bonchev–Trinajstić information content (AvgIpc) is 1.40. The summed E-state index contributed by atoms with van der Waals surface area (Å²) in [4.78, 5) is 138. The standard InChI is InChI=1S/C71H114N12O17S/c1-14-48(8)63(56(93-12)43-58(85)83-31-19-23-55(83)64(94-13)49(9)65(87)78-54(69-74-30-41-101-69)42-50-20-16-15-17-21-50)82(11)70(91)61(46(4)5)80-68(90)62(47(6)7)81(10)59(86)44-99-52-26-24-51(25-27-52)76-66(88)53(22-18-29-75-71(72)92)77-67(89)60(45(2)3)79-57(84)28-32-95-33-34-96-35-36-97-37-38-98-39-40-100-73/h15-17,20-21,24-27,30,41,45-49,53-56,60-64H,14,18-19,22-23,28-29,31-40,42-44,73H2,1-13H3,(H,76,88)(H,77,89)(H,78,87)(H,79,84)(H,80,90)(H3,72,75,92)/t48-,49+,53-,54-,55-,56+,60-,61-,62-,63-,64+/m0/s1. The molecule has 0 saturated carbocycles. The van der Waals surface area contributed by atoms with Crippen LogP contribution in [0.3, 0.4) is 0 Å². The van der Waals surface area contributed by atoms with Crippen LogP contribution in [0.4, 0.5) is 10.5 Å². The fourth-order valence-electron chi connectivity index (χ4n) is 12.1. The van der Waals surface area contributed by atoms with E-state index in [0.29, 0.717) is 77.6 Å². The van der Waals surface area contributed by atoms with E-state index in [-0.39, 0.29) is 87.5 Å². The van der Waals surface area contributed by atoms with Gasteiger partial charge in [0.1, 0.15) is 34.9 Å². The average molecular weight is 1440 g/mol. The van der Waals surface area contributed by atoms with Gasteiger partial charge in [0.15, 0.2) is 6.61 Å². The number of hydrogen-bond acceptors (Lipinski definition) is 20. The number of urea groups is 1. The van der Waals surface area contributed by atoms with Gasteiger partial charge in [0.2, 0.25) is 41.4 Å². The Bertz CT molecular complexity index is 2970. The number of thiazole rings is 1. The number of nitrogens with two attached hydrogens (primary N) is 2. The third-order valence-electron chi connectivity index (χ3n) is 17.8. The van der Waals surface area contributed by atoms with E-state index in [9.17, 15) is 43.2 Å². The first-order valence-electron chi connectivity index (χ1n) is 35.0. The Morgan fingerprint density at radius 3 is 1.88 bits per heavy atom. The van der Waals surface area contributed by atoms with Gasteiger partial charge in [-0.05, 0) is 85.6 Å². The van der Waals surface area contributed by atoms with E-state index in [0.717, 1.165) is 10.6 Å². The van der Waals surface area contributed by atoms with Crippen LogP contribution in [0.1, 0.15) is 124 Å². The molecule has 4 rings (SSSR count). The molecular formula is C71H114N12O17S. The number of ether oxygens (including phenoxy) is 7. The molecule has 10 N–H and O–H groups in total. The van der Waals surface area contributed by atoms with E-state index in [1.807, 2.05) is 70.3 Å². The van der Waals surface area contributed by atoms with Crippen molar-refractivity contribution in [3.63, 3.8) is 0 Å². The van der Waals surface area contributed by atoms with E-state index >= 15 is 0 Å². The SMILES string of the molecule is CC[C@H](C)[C@@H]([C@@H](CC(=O)N1CCC[C@H]1[C@H](OC)[C@@H](C)C(=O)N[C@@H](Cc1ccccc1)c1nccs1)OC)N(C)C(=O)[C@@H](NC(=O)[C@H](C(C)C)N(C)C(=O)COc1ccc(NC(=O)[C@H](CCCNC(N)=O)NC(=O)[C@@H](NC(=O)CCOCCOCCOCCOCCON)C(C)C)cc1)C(C)C. The van der Waals surface area contributed by atoms with Crippen LogP contribution in [0.25, 0.3) is 0 Å². The van der Waals surface area contributed by atoms with Crippen molar-refractivity contribution in [1.29, 1.82) is 0 Å². The molecule has 2 heterocycles. The molecule has 0 radical (unpaired) electrons. The summed E-state index contributed by atoms with van der Waals surface area (Å²) in [6.45, 7) is 19.3. The Hall–Kier alpha value is -7.42. The van der Waals surface area contributed by atoms with Gasteiger partial charge < -0.3 is 90.3 Å². The van der Waals surface area contributed by atoms with Crippen molar-refractivity contribution in [3.8, 4) is 5.75 Å². The normalized spacial score (nSPS) is 16.0. The molecule has 1 aromatic heterocycles. The summed E-state index contributed by atoms with van der Waals surface area (Å²) in [5.74, 6) is -0.369. The quantitative estimate of drug-likeness (QED) is 0.0284. The molecule has 1 aliphatic heterocycles. The number of aromatic nitrogens is 1. The summed E-state index contributed by atoms with van der Waals surface area (Å²) >= 11 is 1.47. The fourth-order valence-corrected chi connectivity index (χ4v) is 12.8. The molecule has 30 heteroatoms. The predicted molar refractivity (Wildman–Crippen MR) is 382 cm³/mol. The van der Waals surface area contributed by atoms with Crippen molar-refractivity contribution in [2.45, 2.75) is 168 Å². The first kappa shape index (κ1) is 86.0. The molecule has 101 heavy (non-hydrogen) atoms. The highest BCUT2D eigenvalue weighted by Gasteiger charge is 2.44. The molecule has 1 saturated heterocycles. The molecule has 1 fully saturated rings. The van der Waals surface area contributed by atoms with Crippen LogP contribution in [-0.2, 0) is 78.0 Å². The first-order valence-corrected chi connectivity index (χ1v) is 35.9. The van der Waals surface area contributed by atoms with Gasteiger partial charge in [0.05, 0.1) is 102 Å². The molecule has 1 aliphatic rings. The highest BCUT2D eigenvalue weighted by Crippen LogP contribution is 2.31. The summed E-state index contributed by atoms with van der Waals surface area (Å²) in [7, 11) is 6.22. The molecule has 0 bridgehead atoms. The Balaban J connectivity index is 1.35. The summed E-state index contributed by atoms with van der Waals surface area (Å²) in [5.41, 5.74) is 6.63. The number of nitrogens with one attached hydrogen (secondary N) is 6. The number of hydrogen-bond donors (Lipinski definition) is 8. The molecule has 10 amide bonds. The van der Waals surface area contributed by atoms with Crippen LogP contribution in [0.5, 0.6) is 5.75 Å². The minimum Gasteiger partial charge on any atom is -0.484 e. The second kappa shape index (κ2) is 46.2. The molecule has 29 nitrogen and oxygen atoms in total. The van der Waals surface area contributed by atoms with Crippen LogP contribution in [0, 0.1) is 29.6 Å². The minimum atomic E-state index is -1.12. The highest BCUT2D eigenvalue weighted by molar-refractivity contribution is 7.09. The van der Waals surface area contributed by atoms with Gasteiger partial charge >= 0.3 is 6.03 Å². The predicted octanol–water partition coefficient (Wildman–Crippen LogP) is 4.53. The molecule has 0 unspecified atom stereocenters. The lowest BCUT2D eigenvalue weighted by Crippen LogP contribution is -2.60. The lowest BCUT2D eigenvalue weighted by atomic mass is 9.89. The number of rotatable bonds is 49. The molecule has 0 aliphatic carbocycles. The van der Waals surface area contributed by atoms with Gasteiger partial charge in [0.25, 0.3) is 5.91 Å². The number of carbonyl (C=O) groups excluding carboxylic acids is 9. The fraction of sp³-hybridized carbons (Fsp3) is 0.662. The first-order chi connectivity index (χ1) is 48.3. The zero-order valence-electron chi connectivity index (χ0n) is 61.4. The van der Waals surface area contributed by atoms with Gasteiger partial charge in [-0.1, -0.05) is 99.1 Å². The number of likely N-dealkylation sites (tertiary alicyclic amines) is 1. The van der Waals surface area contributed by atoms with Crippen LogP contribution in [0.2, 0.25) is 0 Å². The molecule has 0 spiro atoms. The van der Waals surface area contributed by atoms with E-state index in [4.69, 9.17) is 44.8 Å². The number of anilines is 1. The molecule has 566 valence electrons. The zero-order valence-corrected chi connectivity index (χ0v) is 62.2. The molecular weight excluding hydrogens is 1320 g/mol. The van der Waals surface area contributed by atoms with Gasteiger partial charge in [-0.3, -0.25) is 38.4 Å². The largest absolute Gasteiger partial charge is 0.484 e. The second-order valence-corrected chi connectivity index (χ2v) is 27.2. The smallest absolute Gasteiger partial charge is 0.312 e. The van der Waals surface area contributed by atoms with Crippen molar-refractivity contribution < 1.29 is 81.1 Å². The number of primary amides is 1. The topological polar surface area (TPSA) is 374 Å². The lowest BCUT2D eigenvalue weighted by Gasteiger charge is -2.41. The van der Waals surface area contributed by atoms with Crippen molar-refractivity contribution in [1.82, 2.24) is 46.3 Å². The van der Waals surface area contributed by atoms with Crippen molar-refractivity contribution in [2.75, 3.05) is 113 Å². The van der Waals surface area contributed by atoms with E-state index < -0.39 is 114 Å².